The zero-order valence-electron chi connectivity index (χ0n) is 24.3. The lowest BCUT2D eigenvalue weighted by atomic mass is 10.2. The van der Waals surface area contributed by atoms with Gasteiger partial charge in [0, 0.05) is 12.4 Å². The Morgan fingerprint density at radius 1 is 0.733 bits per heavy atom. The van der Waals surface area contributed by atoms with Crippen molar-refractivity contribution in [3.8, 4) is 0 Å². The van der Waals surface area contributed by atoms with E-state index in [1.807, 2.05) is 13.8 Å². The second-order valence-electron chi connectivity index (χ2n) is 9.81. The number of halogens is 1. The molecule has 0 bridgehead atoms. The molecule has 12 nitrogen and oxygen atoms in total. The van der Waals surface area contributed by atoms with Crippen LogP contribution in [0.25, 0.3) is 22.3 Å². The van der Waals surface area contributed by atoms with Gasteiger partial charge in [0.05, 0.1) is 40.9 Å². The third-order valence-electron chi connectivity index (χ3n) is 6.52. The highest BCUT2D eigenvalue weighted by molar-refractivity contribution is 9.10. The fourth-order valence-corrected chi connectivity index (χ4v) is 7.16. The predicted octanol–water partition coefficient (Wildman–Crippen LogP) is 4.82. The van der Waals surface area contributed by atoms with E-state index < -0.39 is 26.0 Å². The number of benzene rings is 2. The molecular weight excluding hydrogens is 684 g/mol. The van der Waals surface area contributed by atoms with Crippen molar-refractivity contribution in [1.82, 2.24) is 27.9 Å². The molecule has 0 radical (unpaired) electrons. The first kappa shape index (κ1) is 31.9. The molecule has 4 aromatic heterocycles. The maximum atomic E-state index is 12.8. The number of carbonyl (C=O) groups is 1. The Kier molecular flexibility index (Phi) is 9.13. The van der Waals surface area contributed by atoms with Crippen LogP contribution in [0.4, 0.5) is 0 Å². The van der Waals surface area contributed by atoms with Gasteiger partial charge in [0.2, 0.25) is 0 Å². The summed E-state index contributed by atoms with van der Waals surface area (Å²) in [4.78, 5) is 28.7. The van der Waals surface area contributed by atoms with E-state index in [4.69, 9.17) is 4.74 Å². The standard InChI is InChI=1S/C17H17N3O4S.C13H10BrN3O2S/c1-3-24-16(21)10-13-11-18-17-15(19-13)8-9-20(17)25(22,23)14-6-4-12(2)5-7-14;1-9-2-4-10(5-3-9)20(18,19)17-7-6-11-13(17)15-8-12(14)16-11/h4-9,11H,3,10H2,1-2H3;2-8H,1H3. The number of aryl methyl sites for hydroxylation is 2. The SMILES string of the molecule is CCOC(=O)Cc1cnc2c(ccn2S(=O)(=O)c2ccc(C)cc2)n1.Cc1ccc(S(=O)(=O)n2ccc3nc(Br)cnc32)cc1. The Morgan fingerprint density at radius 3 is 1.69 bits per heavy atom. The van der Waals surface area contributed by atoms with Crippen LogP contribution in [0.15, 0.2) is 99.8 Å². The quantitative estimate of drug-likeness (QED) is 0.211. The van der Waals surface area contributed by atoms with Crippen molar-refractivity contribution < 1.29 is 26.4 Å². The number of rotatable bonds is 7. The van der Waals surface area contributed by atoms with Crippen molar-refractivity contribution in [1.29, 1.82) is 0 Å². The molecule has 2 aromatic carbocycles. The smallest absolute Gasteiger partial charge is 0.311 e. The van der Waals surface area contributed by atoms with Gasteiger partial charge in [-0.25, -0.2) is 44.7 Å². The molecule has 0 saturated heterocycles. The van der Waals surface area contributed by atoms with E-state index in [0.717, 1.165) is 19.1 Å². The van der Waals surface area contributed by atoms with E-state index in [1.54, 1.807) is 67.6 Å². The van der Waals surface area contributed by atoms with Crippen LogP contribution in [-0.2, 0) is 36.0 Å². The summed E-state index contributed by atoms with van der Waals surface area (Å²) in [6.45, 7) is 5.81. The lowest BCUT2D eigenvalue weighted by molar-refractivity contribution is -0.142. The number of nitrogens with zero attached hydrogens (tertiary/aromatic N) is 6. The highest BCUT2D eigenvalue weighted by atomic mass is 79.9. The van der Waals surface area contributed by atoms with Crippen LogP contribution >= 0.6 is 15.9 Å². The molecule has 0 spiro atoms. The third-order valence-corrected chi connectivity index (χ3v) is 10.3. The summed E-state index contributed by atoms with van der Waals surface area (Å²) >= 11 is 3.21. The number of aromatic nitrogens is 6. The minimum Gasteiger partial charge on any atom is -0.466 e. The molecule has 0 aliphatic heterocycles. The summed E-state index contributed by atoms with van der Waals surface area (Å²) in [5.41, 5.74) is 3.86. The first-order valence-corrected chi connectivity index (χ1v) is 17.2. The van der Waals surface area contributed by atoms with Crippen molar-refractivity contribution in [2.75, 3.05) is 6.61 Å². The molecule has 45 heavy (non-hydrogen) atoms. The molecule has 4 heterocycles. The van der Waals surface area contributed by atoms with Crippen LogP contribution in [-0.4, -0.2) is 57.3 Å². The topological polar surface area (TPSA) is 156 Å². The zero-order valence-corrected chi connectivity index (χ0v) is 27.5. The number of hydrogen-bond donors (Lipinski definition) is 0. The maximum absolute atomic E-state index is 12.8. The molecule has 6 aromatic rings. The molecule has 0 N–H and O–H groups in total. The van der Waals surface area contributed by atoms with Crippen molar-refractivity contribution in [3.63, 3.8) is 0 Å². The van der Waals surface area contributed by atoms with Crippen LogP contribution in [0.2, 0.25) is 0 Å². The number of fused-ring (bicyclic) bond motifs is 2. The Bertz CT molecular complexity index is 2230. The van der Waals surface area contributed by atoms with E-state index >= 15 is 0 Å². The first-order chi connectivity index (χ1) is 21.4. The fraction of sp³-hybridized carbons (Fsp3) is 0.167. The van der Waals surface area contributed by atoms with Crippen LogP contribution in [0.3, 0.4) is 0 Å². The van der Waals surface area contributed by atoms with Gasteiger partial charge in [0.15, 0.2) is 11.3 Å². The number of carbonyl (C=O) groups excluding carboxylic acids is 1. The highest BCUT2D eigenvalue weighted by Gasteiger charge is 2.21. The summed E-state index contributed by atoms with van der Waals surface area (Å²) in [6.07, 6.45) is 5.73. The number of esters is 1. The Balaban J connectivity index is 0.000000182. The third kappa shape index (κ3) is 6.79. The Labute approximate surface area is 268 Å². The van der Waals surface area contributed by atoms with E-state index in [1.165, 1.54) is 24.8 Å². The summed E-state index contributed by atoms with van der Waals surface area (Å²) in [7, 11) is -7.41. The number of ether oxygens (including phenoxy) is 1. The zero-order chi connectivity index (χ0) is 32.4. The second kappa shape index (κ2) is 12.9. The molecule has 15 heteroatoms. The molecule has 0 aliphatic carbocycles. The molecule has 0 unspecified atom stereocenters. The molecule has 0 amide bonds. The molecule has 0 fully saturated rings. The van der Waals surface area contributed by atoms with Crippen LogP contribution < -0.4 is 0 Å². The average molecular weight is 712 g/mol. The van der Waals surface area contributed by atoms with Crippen molar-refractivity contribution in [2.45, 2.75) is 37.0 Å². The molecular formula is C30H27BrN6O6S2. The normalized spacial score (nSPS) is 11.7. The minimum absolute atomic E-state index is 0.00727. The van der Waals surface area contributed by atoms with Gasteiger partial charge in [-0.15, -0.1) is 0 Å². The minimum atomic E-state index is -3.76. The van der Waals surface area contributed by atoms with Crippen molar-refractivity contribution in [3.05, 3.63) is 107 Å². The lowest BCUT2D eigenvalue weighted by Gasteiger charge is -2.07. The Hall–Kier alpha value is -4.47. The summed E-state index contributed by atoms with van der Waals surface area (Å²) in [6, 6.07) is 16.5. The fourth-order valence-electron chi connectivity index (χ4n) is 4.27. The monoisotopic (exact) mass is 710 g/mol. The molecule has 232 valence electrons. The van der Waals surface area contributed by atoms with Crippen molar-refractivity contribution >= 4 is 64.3 Å². The van der Waals surface area contributed by atoms with Crippen LogP contribution in [0, 0.1) is 13.8 Å². The highest BCUT2D eigenvalue weighted by Crippen LogP contribution is 2.22. The molecule has 6 rings (SSSR count). The van der Waals surface area contributed by atoms with E-state index in [2.05, 4.69) is 35.9 Å². The molecule has 0 saturated carbocycles. The van der Waals surface area contributed by atoms with Crippen molar-refractivity contribution in [2.24, 2.45) is 0 Å². The number of hydrogen-bond acceptors (Lipinski definition) is 10. The van der Waals surface area contributed by atoms with Gasteiger partial charge in [-0.3, -0.25) is 4.79 Å². The van der Waals surface area contributed by atoms with E-state index in [-0.39, 0.29) is 21.9 Å². The van der Waals surface area contributed by atoms with Crippen LogP contribution in [0.1, 0.15) is 23.7 Å². The van der Waals surface area contributed by atoms with Crippen LogP contribution in [0.5, 0.6) is 0 Å². The van der Waals surface area contributed by atoms with Gasteiger partial charge < -0.3 is 4.74 Å². The van der Waals surface area contributed by atoms with Gasteiger partial charge in [-0.1, -0.05) is 35.4 Å². The molecule has 0 atom stereocenters. The van der Waals surface area contributed by atoms with Gasteiger partial charge in [-0.2, -0.15) is 0 Å². The van der Waals surface area contributed by atoms with E-state index in [0.29, 0.717) is 33.6 Å². The van der Waals surface area contributed by atoms with Gasteiger partial charge in [-0.05, 0) is 73.1 Å². The lowest BCUT2D eigenvalue weighted by Crippen LogP contribution is -2.13. The first-order valence-electron chi connectivity index (χ1n) is 13.5. The maximum Gasteiger partial charge on any atom is 0.311 e. The van der Waals surface area contributed by atoms with E-state index in [9.17, 15) is 21.6 Å². The van der Waals surface area contributed by atoms with Gasteiger partial charge >= 0.3 is 5.97 Å². The predicted molar refractivity (Wildman–Crippen MR) is 171 cm³/mol. The Morgan fingerprint density at radius 2 is 1.20 bits per heavy atom. The van der Waals surface area contributed by atoms with Gasteiger partial charge in [0.25, 0.3) is 20.0 Å². The average Bonchev–Trinajstić information content (AvgIpc) is 3.63. The summed E-state index contributed by atoms with van der Waals surface area (Å²) in [5, 5.41) is 0. The summed E-state index contributed by atoms with van der Waals surface area (Å²) in [5.74, 6) is -0.400. The molecule has 0 aliphatic rings. The largest absolute Gasteiger partial charge is 0.466 e. The van der Waals surface area contributed by atoms with Gasteiger partial charge in [0.1, 0.15) is 15.6 Å². The second-order valence-corrected chi connectivity index (χ2v) is 14.3. The summed E-state index contributed by atoms with van der Waals surface area (Å²) < 4.78 is 58.4.